The molecule has 0 spiro atoms. The maximum Gasteiger partial charge on any atom is 0.501 e. The van der Waals surface area contributed by atoms with Gasteiger partial charge in [0, 0.05) is 5.39 Å². The Balaban J connectivity index is 2.37. The van der Waals surface area contributed by atoms with Crippen molar-refractivity contribution in [2.75, 3.05) is 0 Å². The molecule has 11 heteroatoms. The zero-order valence-corrected chi connectivity index (χ0v) is 10.7. The Morgan fingerprint density at radius 3 is 2.62 bits per heavy atom. The van der Waals surface area contributed by atoms with Crippen LogP contribution in [0.25, 0.3) is 16.6 Å². The SMILES string of the molecule is O=c1nc2cc(S(=O)(=O)C(F)(F)F)ccc2c2[nH]cnn12. The number of alkyl halides is 3. The monoisotopic (exact) mass is 318 g/mol. The van der Waals surface area contributed by atoms with E-state index in [9.17, 15) is 26.4 Å². The van der Waals surface area contributed by atoms with Gasteiger partial charge >= 0.3 is 11.2 Å². The first-order valence-electron chi connectivity index (χ1n) is 5.39. The van der Waals surface area contributed by atoms with Gasteiger partial charge < -0.3 is 4.98 Å². The van der Waals surface area contributed by atoms with E-state index >= 15 is 0 Å². The molecule has 0 amide bonds. The number of hydrogen-bond acceptors (Lipinski definition) is 5. The van der Waals surface area contributed by atoms with Crippen molar-refractivity contribution in [2.24, 2.45) is 0 Å². The topological polar surface area (TPSA) is 97.2 Å². The fraction of sp³-hybridized carbons (Fsp3) is 0.100. The van der Waals surface area contributed by atoms with E-state index in [-0.39, 0.29) is 16.6 Å². The number of H-pyrrole nitrogens is 1. The van der Waals surface area contributed by atoms with Gasteiger partial charge in [-0.15, -0.1) is 0 Å². The molecule has 0 saturated heterocycles. The van der Waals surface area contributed by atoms with E-state index in [1.165, 1.54) is 6.33 Å². The molecule has 7 nitrogen and oxygen atoms in total. The average Bonchev–Trinajstić information content (AvgIpc) is 2.86. The van der Waals surface area contributed by atoms with E-state index in [1.807, 2.05) is 0 Å². The molecule has 3 rings (SSSR count). The van der Waals surface area contributed by atoms with Crippen LogP contribution in [0.5, 0.6) is 0 Å². The smallest absolute Gasteiger partial charge is 0.329 e. The summed E-state index contributed by atoms with van der Waals surface area (Å²) in [4.78, 5) is 16.8. The Morgan fingerprint density at radius 2 is 1.95 bits per heavy atom. The van der Waals surface area contributed by atoms with Gasteiger partial charge in [-0.1, -0.05) is 0 Å². The second-order valence-electron chi connectivity index (χ2n) is 4.07. The van der Waals surface area contributed by atoms with Crippen molar-refractivity contribution in [3.8, 4) is 0 Å². The molecule has 21 heavy (non-hydrogen) atoms. The van der Waals surface area contributed by atoms with E-state index in [4.69, 9.17) is 0 Å². The molecule has 1 N–H and O–H groups in total. The molecule has 3 aromatic rings. The van der Waals surface area contributed by atoms with Gasteiger partial charge in [0.25, 0.3) is 9.84 Å². The first-order valence-corrected chi connectivity index (χ1v) is 6.88. The number of nitrogens with zero attached hydrogens (tertiary/aromatic N) is 3. The lowest BCUT2D eigenvalue weighted by Gasteiger charge is -2.08. The lowest BCUT2D eigenvalue weighted by Crippen LogP contribution is -2.23. The van der Waals surface area contributed by atoms with Crippen LogP contribution in [0.2, 0.25) is 0 Å². The van der Waals surface area contributed by atoms with Gasteiger partial charge in [-0.3, -0.25) is 0 Å². The summed E-state index contributed by atoms with van der Waals surface area (Å²) in [6.45, 7) is 0. The molecule has 0 saturated carbocycles. The van der Waals surface area contributed by atoms with E-state index in [0.29, 0.717) is 6.07 Å². The molecule has 0 bridgehead atoms. The van der Waals surface area contributed by atoms with Crippen LogP contribution < -0.4 is 5.69 Å². The zero-order chi connectivity index (χ0) is 15.4. The molecule has 2 heterocycles. The van der Waals surface area contributed by atoms with Gasteiger partial charge in [-0.25, -0.2) is 13.2 Å². The van der Waals surface area contributed by atoms with Crippen molar-refractivity contribution in [3.05, 3.63) is 35.0 Å². The molecule has 0 fully saturated rings. The zero-order valence-electron chi connectivity index (χ0n) is 9.92. The molecule has 1 aromatic carbocycles. The maximum absolute atomic E-state index is 12.5. The largest absolute Gasteiger partial charge is 0.501 e. The van der Waals surface area contributed by atoms with E-state index < -0.39 is 25.9 Å². The Bertz CT molecular complexity index is 1020. The van der Waals surface area contributed by atoms with Crippen LogP contribution >= 0.6 is 0 Å². The fourth-order valence-corrected chi connectivity index (χ4v) is 2.64. The first-order chi connectivity index (χ1) is 9.72. The van der Waals surface area contributed by atoms with Crippen LogP contribution in [0.4, 0.5) is 13.2 Å². The molecule has 0 unspecified atom stereocenters. The molecule has 0 radical (unpaired) electrons. The number of nitrogens with one attached hydrogen (secondary N) is 1. The molecular formula is C10H5F3N4O3S. The molecular weight excluding hydrogens is 313 g/mol. The Morgan fingerprint density at radius 1 is 1.24 bits per heavy atom. The Hall–Kier alpha value is -2.43. The molecule has 0 aliphatic rings. The van der Waals surface area contributed by atoms with Crippen LogP contribution in [0.1, 0.15) is 0 Å². The van der Waals surface area contributed by atoms with Crippen molar-refractivity contribution in [2.45, 2.75) is 10.4 Å². The predicted octanol–water partition coefficient (Wildman–Crippen LogP) is 0.864. The summed E-state index contributed by atoms with van der Waals surface area (Å²) in [5, 5.41) is 3.94. The van der Waals surface area contributed by atoms with Crippen molar-refractivity contribution >= 4 is 26.4 Å². The summed E-state index contributed by atoms with van der Waals surface area (Å²) in [5.41, 5.74) is -6.22. The summed E-state index contributed by atoms with van der Waals surface area (Å²) >= 11 is 0. The lowest BCUT2D eigenvalue weighted by atomic mass is 10.2. The minimum absolute atomic E-state index is 0.172. The van der Waals surface area contributed by atoms with Crippen LogP contribution in [0, 0.1) is 0 Å². The van der Waals surface area contributed by atoms with Gasteiger partial charge in [-0.2, -0.15) is 27.8 Å². The Labute approximate surface area is 114 Å². The number of hydrogen-bond donors (Lipinski definition) is 1. The van der Waals surface area contributed by atoms with Crippen LogP contribution in [-0.4, -0.2) is 33.5 Å². The third kappa shape index (κ3) is 1.88. The van der Waals surface area contributed by atoms with Gasteiger partial charge in [0.05, 0.1) is 10.4 Å². The molecule has 0 atom stereocenters. The van der Waals surface area contributed by atoms with E-state index in [2.05, 4.69) is 15.1 Å². The quantitative estimate of drug-likeness (QED) is 0.718. The average molecular weight is 318 g/mol. The first kappa shape index (κ1) is 13.5. The number of aromatic amines is 1. The minimum atomic E-state index is -5.50. The van der Waals surface area contributed by atoms with Gasteiger partial charge in [0.1, 0.15) is 12.0 Å². The van der Waals surface area contributed by atoms with Crippen molar-refractivity contribution in [1.29, 1.82) is 0 Å². The highest BCUT2D eigenvalue weighted by Crippen LogP contribution is 2.31. The number of sulfone groups is 1. The van der Waals surface area contributed by atoms with Crippen LogP contribution in [0.15, 0.2) is 34.2 Å². The summed E-state index contributed by atoms with van der Waals surface area (Å²) in [7, 11) is -5.50. The number of halogens is 3. The van der Waals surface area contributed by atoms with Crippen LogP contribution in [0.3, 0.4) is 0 Å². The van der Waals surface area contributed by atoms with Crippen molar-refractivity contribution in [3.63, 3.8) is 0 Å². The fourth-order valence-electron chi connectivity index (χ4n) is 1.86. The number of rotatable bonds is 1. The normalized spacial score (nSPS) is 13.1. The summed E-state index contributed by atoms with van der Waals surface area (Å²) in [6, 6.07) is 2.65. The van der Waals surface area contributed by atoms with Crippen LogP contribution in [-0.2, 0) is 9.84 Å². The minimum Gasteiger partial charge on any atom is -0.329 e. The highest BCUT2D eigenvalue weighted by molar-refractivity contribution is 7.92. The summed E-state index contributed by atoms with van der Waals surface area (Å²) in [5.74, 6) is 0. The number of fused-ring (bicyclic) bond motifs is 3. The van der Waals surface area contributed by atoms with Gasteiger partial charge in [0.2, 0.25) is 0 Å². The molecule has 110 valence electrons. The van der Waals surface area contributed by atoms with E-state index in [0.717, 1.165) is 16.6 Å². The standard InChI is InChI=1S/C10H5F3N4O3S/c11-10(12,13)21(19,20)5-1-2-6-7(3-5)16-9(18)17-8(6)14-4-15-17/h1-4H,(H,14,15). The van der Waals surface area contributed by atoms with Crippen molar-refractivity contribution < 1.29 is 21.6 Å². The molecule has 2 aromatic heterocycles. The molecule has 0 aliphatic carbocycles. The third-order valence-electron chi connectivity index (χ3n) is 2.82. The van der Waals surface area contributed by atoms with Crippen molar-refractivity contribution in [1.82, 2.24) is 19.6 Å². The highest BCUT2D eigenvalue weighted by atomic mass is 32.2. The number of aromatic nitrogens is 4. The van der Waals surface area contributed by atoms with Gasteiger partial charge in [-0.05, 0) is 18.2 Å². The maximum atomic E-state index is 12.5. The van der Waals surface area contributed by atoms with Gasteiger partial charge in [0.15, 0.2) is 0 Å². The number of benzene rings is 1. The second kappa shape index (κ2) is 4.04. The summed E-state index contributed by atoms with van der Waals surface area (Å²) in [6.07, 6.45) is 1.21. The predicted molar refractivity (Wildman–Crippen MR) is 64.4 cm³/mol. The van der Waals surface area contributed by atoms with E-state index in [1.54, 1.807) is 0 Å². The third-order valence-corrected chi connectivity index (χ3v) is 4.31. The lowest BCUT2D eigenvalue weighted by molar-refractivity contribution is -0.0435. The molecule has 0 aliphatic heterocycles. The summed E-state index contributed by atoms with van der Waals surface area (Å²) < 4.78 is 61.1. The highest BCUT2D eigenvalue weighted by Gasteiger charge is 2.46. The Kier molecular flexibility index (Phi) is 2.60. The second-order valence-corrected chi connectivity index (χ2v) is 6.01.